The van der Waals surface area contributed by atoms with E-state index in [0.29, 0.717) is 38.4 Å². The van der Waals surface area contributed by atoms with Gasteiger partial charge in [0.1, 0.15) is 19.0 Å². The van der Waals surface area contributed by atoms with Crippen LogP contribution < -0.4 is 5.73 Å². The first-order chi connectivity index (χ1) is 28.1. The van der Waals surface area contributed by atoms with Gasteiger partial charge in [0.15, 0.2) is 5.34 Å². The molecular formula is C46H98N3O10P2+. The van der Waals surface area contributed by atoms with Gasteiger partial charge in [-0.3, -0.25) is 19.0 Å². The maximum atomic E-state index is 13.4. The molecule has 0 aliphatic carbocycles. The van der Waals surface area contributed by atoms with Gasteiger partial charge in [0, 0.05) is 57.9 Å². The smallest absolute Gasteiger partial charge is 0.377 e. The number of hydrogen-bond acceptors (Lipinski definition) is 13. The number of nitrogens with two attached hydrogens (primary N) is 1. The van der Waals surface area contributed by atoms with E-state index in [0.717, 1.165) is 19.4 Å². The second-order valence-electron chi connectivity index (χ2n) is 20.0. The van der Waals surface area contributed by atoms with Crippen molar-refractivity contribution in [2.24, 2.45) is 5.73 Å². The molecule has 0 unspecified atom stereocenters. The minimum atomic E-state index is -3.67. The maximum Gasteiger partial charge on any atom is 0.697 e. The summed E-state index contributed by atoms with van der Waals surface area (Å²) in [4.78, 5) is 24.1. The van der Waals surface area contributed by atoms with E-state index in [9.17, 15) is 19.0 Å². The molecule has 366 valence electrons. The number of carbonyl (C=O) groups excluding carboxylic acids is 1. The number of rotatable bonds is 25. The number of hydroxylamine groups is 4. The van der Waals surface area contributed by atoms with Gasteiger partial charge >= 0.3 is 15.9 Å². The van der Waals surface area contributed by atoms with Crippen LogP contribution in [-0.2, 0) is 41.7 Å². The molecule has 2 aliphatic heterocycles. The Morgan fingerprint density at radius 3 is 1.23 bits per heavy atom. The summed E-state index contributed by atoms with van der Waals surface area (Å²) in [5, 5.41) is 14.0. The molecule has 15 heteroatoms. The van der Waals surface area contributed by atoms with Crippen molar-refractivity contribution < 1.29 is 46.8 Å². The van der Waals surface area contributed by atoms with Crippen LogP contribution >= 0.6 is 15.9 Å². The number of piperidine rings is 2. The predicted octanol–water partition coefficient (Wildman–Crippen LogP) is 12.8. The molecule has 0 aromatic heterocycles. The third-order valence-electron chi connectivity index (χ3n) is 9.90. The molecule has 2 rings (SSSR count). The molecule has 0 aromatic carbocycles. The van der Waals surface area contributed by atoms with Crippen molar-refractivity contribution in [3.05, 3.63) is 0 Å². The molecule has 2 saturated heterocycles. The SMILES string of the molecule is CC(C)(C)N.CCCCCCCCON1C(C)(C)CC(=O)CC1(C)C.CCCCCCCCON1C(C)(C)CC(O)(P(=O)(OCC)OCC)CC1(C)C.CCO[P+](=O)OCC. The molecule has 13 nitrogen and oxygen atoms in total. The van der Waals surface area contributed by atoms with E-state index in [-0.39, 0.29) is 42.7 Å². The average molecular weight is 915 g/mol. The average Bonchev–Trinajstić information content (AvgIpc) is 3.08. The molecule has 2 aliphatic rings. The van der Waals surface area contributed by atoms with E-state index >= 15 is 0 Å². The van der Waals surface area contributed by atoms with Gasteiger partial charge in [-0.05, 0) is 117 Å². The number of carbonyl (C=O) groups is 1. The zero-order valence-corrected chi connectivity index (χ0v) is 44.3. The fourth-order valence-corrected chi connectivity index (χ4v) is 11.1. The lowest BCUT2D eigenvalue weighted by molar-refractivity contribution is -0.298. The van der Waals surface area contributed by atoms with Crippen LogP contribution in [0.1, 0.15) is 220 Å². The van der Waals surface area contributed by atoms with Crippen molar-refractivity contribution in [1.29, 1.82) is 0 Å². The molecule has 0 bridgehead atoms. The van der Waals surface area contributed by atoms with Crippen molar-refractivity contribution in [2.45, 2.75) is 253 Å². The summed E-state index contributed by atoms with van der Waals surface area (Å²) in [6.45, 7) is 36.7. The van der Waals surface area contributed by atoms with Gasteiger partial charge in [0.2, 0.25) is 0 Å². The molecule has 2 fully saturated rings. The van der Waals surface area contributed by atoms with Gasteiger partial charge in [0.05, 0.1) is 26.4 Å². The first-order valence-corrected chi connectivity index (χ1v) is 26.2. The highest BCUT2D eigenvalue weighted by atomic mass is 31.2. The molecule has 2 heterocycles. The quantitative estimate of drug-likeness (QED) is 0.0659. The fraction of sp³-hybridized carbons (Fsp3) is 0.978. The number of hydrogen-bond donors (Lipinski definition) is 2. The van der Waals surface area contributed by atoms with Gasteiger partial charge < -0.3 is 19.9 Å². The molecule has 0 atom stereocenters. The number of nitrogens with zero attached hydrogens (tertiary/aromatic N) is 2. The Labute approximate surface area is 376 Å². The highest BCUT2D eigenvalue weighted by molar-refractivity contribution is 7.55. The first-order valence-electron chi connectivity index (χ1n) is 23.6. The van der Waals surface area contributed by atoms with Crippen LogP contribution in [0, 0.1) is 0 Å². The van der Waals surface area contributed by atoms with Crippen LogP contribution in [-0.4, -0.2) is 93.7 Å². The molecule has 0 amide bonds. The van der Waals surface area contributed by atoms with E-state index in [2.05, 4.69) is 55.7 Å². The zero-order valence-electron chi connectivity index (χ0n) is 42.5. The third-order valence-corrected chi connectivity index (χ3v) is 13.4. The highest BCUT2D eigenvalue weighted by Gasteiger charge is 2.61. The predicted molar refractivity (Wildman–Crippen MR) is 253 cm³/mol. The van der Waals surface area contributed by atoms with E-state index < -0.39 is 32.3 Å². The topological polar surface area (TPSA) is 159 Å². The Kier molecular flexibility index (Phi) is 31.6. The lowest BCUT2D eigenvalue weighted by atomic mass is 9.80. The van der Waals surface area contributed by atoms with Crippen LogP contribution in [0.25, 0.3) is 0 Å². The monoisotopic (exact) mass is 915 g/mol. The largest absolute Gasteiger partial charge is 0.697 e. The Hall–Kier alpha value is -0.400. The summed E-state index contributed by atoms with van der Waals surface area (Å²) in [6, 6.07) is 0. The van der Waals surface area contributed by atoms with E-state index in [4.69, 9.17) is 24.5 Å². The van der Waals surface area contributed by atoms with Crippen LogP contribution in [0.3, 0.4) is 0 Å². The molecule has 0 spiro atoms. The standard InChI is InChI=1S/C21H44NO5P.C17H33NO2.C4H11N.C4H10O3P/c1-8-11-12-13-14-15-16-25-22-19(4,5)17-21(23,18-20(22,6)7)28(24,26-9-2)27-10-3;1-6-7-8-9-10-11-12-20-18-16(2,3)13-15(19)14-17(18,4)5;1-4(2,3)5;1-3-6-8(5)7-4-2/h23H,8-18H2,1-7H3;6-14H2,1-5H3;5H2,1-3H3;3-4H2,1-2H3/q;;;+1. The summed E-state index contributed by atoms with van der Waals surface area (Å²) in [7, 11) is -5.50. The zero-order chi connectivity index (χ0) is 47.6. The number of ketones is 1. The van der Waals surface area contributed by atoms with Gasteiger partial charge in [0.25, 0.3) is 0 Å². The maximum absolute atomic E-state index is 13.4. The summed E-state index contributed by atoms with van der Waals surface area (Å²) in [6.07, 6.45) is 16.6. The minimum Gasteiger partial charge on any atom is -0.377 e. The van der Waals surface area contributed by atoms with Gasteiger partial charge in [-0.2, -0.15) is 10.1 Å². The molecule has 61 heavy (non-hydrogen) atoms. The first kappa shape index (κ1) is 62.7. The number of unbranched alkanes of at least 4 members (excludes halogenated alkanes) is 10. The molecule has 0 aromatic rings. The van der Waals surface area contributed by atoms with Gasteiger partial charge in [-0.15, -0.1) is 9.05 Å². The Balaban J connectivity index is 0. The van der Waals surface area contributed by atoms with Gasteiger partial charge in [-0.25, -0.2) is 0 Å². The summed E-state index contributed by atoms with van der Waals surface area (Å²) in [5.41, 5.74) is 3.94. The van der Waals surface area contributed by atoms with Crippen LogP contribution in [0.15, 0.2) is 0 Å². The summed E-state index contributed by atoms with van der Waals surface area (Å²) < 4.78 is 43.9. The lowest BCUT2D eigenvalue weighted by Gasteiger charge is -2.57. The Morgan fingerprint density at radius 2 is 0.918 bits per heavy atom. The summed E-state index contributed by atoms with van der Waals surface area (Å²) in [5.74, 6) is 0.347. The molecule has 0 radical (unpaired) electrons. The normalized spacial score (nSPS) is 19.4. The van der Waals surface area contributed by atoms with Crippen molar-refractivity contribution in [3.63, 3.8) is 0 Å². The number of aliphatic hydroxyl groups is 1. The fourth-order valence-electron chi connectivity index (χ4n) is 8.24. The second kappa shape index (κ2) is 30.7. The third kappa shape index (κ3) is 26.4. The molecular weight excluding hydrogens is 816 g/mol. The van der Waals surface area contributed by atoms with Crippen LogP contribution in [0.4, 0.5) is 0 Å². The summed E-state index contributed by atoms with van der Waals surface area (Å²) >= 11 is 0. The minimum absolute atomic E-state index is 0. The van der Waals surface area contributed by atoms with Crippen molar-refractivity contribution in [1.82, 2.24) is 10.1 Å². The Morgan fingerprint density at radius 1 is 0.607 bits per heavy atom. The Bertz CT molecular complexity index is 1160. The van der Waals surface area contributed by atoms with E-state index in [1.54, 1.807) is 27.7 Å². The highest BCUT2D eigenvalue weighted by Crippen LogP contribution is 2.66. The van der Waals surface area contributed by atoms with Crippen molar-refractivity contribution in [2.75, 3.05) is 39.6 Å². The molecule has 3 N–H and O–H groups in total. The van der Waals surface area contributed by atoms with Crippen LogP contribution in [0.2, 0.25) is 0 Å². The van der Waals surface area contributed by atoms with E-state index in [1.165, 1.54) is 64.2 Å². The van der Waals surface area contributed by atoms with Gasteiger partial charge in [-0.1, -0.05) is 78.1 Å². The molecule has 0 saturated carbocycles. The van der Waals surface area contributed by atoms with Crippen molar-refractivity contribution >= 4 is 21.6 Å². The van der Waals surface area contributed by atoms with E-state index in [1.807, 2.05) is 53.5 Å². The second-order valence-corrected chi connectivity index (χ2v) is 23.3. The number of Topliss-reactive ketones (excluding diaryl/α,β-unsaturated/α-hetero) is 1. The van der Waals surface area contributed by atoms with Crippen molar-refractivity contribution in [3.8, 4) is 0 Å². The van der Waals surface area contributed by atoms with Crippen LogP contribution in [0.5, 0.6) is 0 Å². The lowest BCUT2D eigenvalue weighted by Crippen LogP contribution is -2.65.